The molecular formula is C17H20N2O4. The number of urea groups is 1. The van der Waals surface area contributed by atoms with Gasteiger partial charge in [0, 0.05) is 0 Å². The number of aromatic hydroxyl groups is 1. The molecule has 0 atom stereocenters. The number of ether oxygens (including phenoxy) is 2. The molecule has 0 spiro atoms. The first-order chi connectivity index (χ1) is 11.1. The van der Waals surface area contributed by atoms with Crippen LogP contribution in [0.15, 0.2) is 42.5 Å². The second-order valence-corrected chi connectivity index (χ2v) is 4.84. The molecule has 0 heterocycles. The molecule has 0 radical (unpaired) electrons. The SMILES string of the molecule is CCOc1ccc(OCNC(=O)Nc2ccc(C)cc2O)cc1. The molecule has 0 saturated heterocycles. The molecule has 0 saturated carbocycles. The minimum Gasteiger partial charge on any atom is -0.506 e. The molecule has 2 amide bonds. The molecule has 0 aliphatic rings. The van der Waals surface area contributed by atoms with Gasteiger partial charge in [-0.1, -0.05) is 6.07 Å². The molecule has 0 bridgehead atoms. The van der Waals surface area contributed by atoms with Crippen molar-refractivity contribution >= 4 is 11.7 Å². The van der Waals surface area contributed by atoms with E-state index in [1.54, 1.807) is 42.5 Å². The third-order valence-corrected chi connectivity index (χ3v) is 3.01. The number of hydrogen-bond donors (Lipinski definition) is 3. The molecular weight excluding hydrogens is 296 g/mol. The summed E-state index contributed by atoms with van der Waals surface area (Å²) in [6.07, 6.45) is 0. The average molecular weight is 316 g/mol. The van der Waals surface area contributed by atoms with Crippen molar-refractivity contribution in [1.29, 1.82) is 0 Å². The second kappa shape index (κ2) is 7.93. The zero-order chi connectivity index (χ0) is 16.7. The van der Waals surface area contributed by atoms with E-state index in [9.17, 15) is 9.90 Å². The van der Waals surface area contributed by atoms with E-state index in [1.165, 1.54) is 0 Å². The van der Waals surface area contributed by atoms with Gasteiger partial charge in [-0.05, 0) is 55.8 Å². The van der Waals surface area contributed by atoms with Crippen LogP contribution in [0.4, 0.5) is 10.5 Å². The van der Waals surface area contributed by atoms with Crippen LogP contribution in [-0.2, 0) is 0 Å². The summed E-state index contributed by atoms with van der Waals surface area (Å²) in [5.41, 5.74) is 1.25. The highest BCUT2D eigenvalue weighted by Crippen LogP contribution is 2.23. The van der Waals surface area contributed by atoms with Gasteiger partial charge in [-0.25, -0.2) is 4.79 Å². The number of benzene rings is 2. The van der Waals surface area contributed by atoms with Crippen molar-refractivity contribution in [1.82, 2.24) is 5.32 Å². The van der Waals surface area contributed by atoms with E-state index >= 15 is 0 Å². The molecule has 2 aromatic carbocycles. The molecule has 23 heavy (non-hydrogen) atoms. The summed E-state index contributed by atoms with van der Waals surface area (Å²) in [5, 5.41) is 14.8. The third-order valence-electron chi connectivity index (χ3n) is 3.01. The van der Waals surface area contributed by atoms with E-state index in [0.29, 0.717) is 18.0 Å². The monoisotopic (exact) mass is 316 g/mol. The normalized spacial score (nSPS) is 10.0. The first-order valence-corrected chi connectivity index (χ1v) is 7.28. The van der Waals surface area contributed by atoms with E-state index in [2.05, 4.69) is 10.6 Å². The molecule has 0 unspecified atom stereocenters. The molecule has 0 aliphatic carbocycles. The Bertz CT molecular complexity index is 656. The van der Waals surface area contributed by atoms with E-state index < -0.39 is 6.03 Å². The number of hydrogen-bond acceptors (Lipinski definition) is 4. The van der Waals surface area contributed by atoms with Crippen molar-refractivity contribution < 1.29 is 19.4 Å². The molecule has 6 nitrogen and oxygen atoms in total. The Kier molecular flexibility index (Phi) is 5.68. The number of rotatable bonds is 6. The predicted octanol–water partition coefficient (Wildman–Crippen LogP) is 3.26. The summed E-state index contributed by atoms with van der Waals surface area (Å²) >= 11 is 0. The minimum atomic E-state index is -0.463. The summed E-state index contributed by atoms with van der Waals surface area (Å²) in [6.45, 7) is 4.38. The largest absolute Gasteiger partial charge is 0.506 e. The van der Waals surface area contributed by atoms with Gasteiger partial charge in [-0.3, -0.25) is 0 Å². The van der Waals surface area contributed by atoms with Crippen LogP contribution in [0.1, 0.15) is 12.5 Å². The van der Waals surface area contributed by atoms with Crippen LogP contribution in [0.5, 0.6) is 17.2 Å². The Morgan fingerprint density at radius 2 is 1.74 bits per heavy atom. The van der Waals surface area contributed by atoms with Crippen LogP contribution < -0.4 is 20.1 Å². The van der Waals surface area contributed by atoms with Crippen molar-refractivity contribution in [2.45, 2.75) is 13.8 Å². The number of carbonyl (C=O) groups is 1. The maximum absolute atomic E-state index is 11.7. The number of amides is 2. The fourth-order valence-corrected chi connectivity index (χ4v) is 1.90. The predicted molar refractivity (Wildman–Crippen MR) is 88.1 cm³/mol. The highest BCUT2D eigenvalue weighted by molar-refractivity contribution is 5.90. The zero-order valence-electron chi connectivity index (χ0n) is 13.1. The van der Waals surface area contributed by atoms with Crippen molar-refractivity contribution in [3.8, 4) is 17.2 Å². The molecule has 122 valence electrons. The van der Waals surface area contributed by atoms with Gasteiger partial charge in [0.25, 0.3) is 0 Å². The van der Waals surface area contributed by atoms with Crippen LogP contribution in [-0.4, -0.2) is 24.5 Å². The van der Waals surface area contributed by atoms with Crippen LogP contribution >= 0.6 is 0 Å². The summed E-state index contributed by atoms with van der Waals surface area (Å²) < 4.78 is 10.7. The molecule has 6 heteroatoms. The summed E-state index contributed by atoms with van der Waals surface area (Å²) in [4.78, 5) is 11.7. The van der Waals surface area contributed by atoms with Crippen molar-refractivity contribution in [3.05, 3.63) is 48.0 Å². The fourth-order valence-electron chi connectivity index (χ4n) is 1.90. The standard InChI is InChI=1S/C17H20N2O4/c1-3-22-13-5-7-14(8-6-13)23-11-18-17(21)19-15-9-4-12(2)10-16(15)20/h4-10,20H,3,11H2,1-2H3,(H2,18,19,21). The minimum absolute atomic E-state index is 0.00639. The molecule has 3 N–H and O–H groups in total. The van der Waals surface area contributed by atoms with Crippen molar-refractivity contribution in [3.63, 3.8) is 0 Å². The van der Waals surface area contributed by atoms with Gasteiger partial charge in [-0.2, -0.15) is 0 Å². The van der Waals surface area contributed by atoms with E-state index in [4.69, 9.17) is 9.47 Å². The Morgan fingerprint density at radius 1 is 1.09 bits per heavy atom. The molecule has 2 aromatic rings. The number of carbonyl (C=O) groups excluding carboxylic acids is 1. The lowest BCUT2D eigenvalue weighted by Gasteiger charge is -2.11. The van der Waals surface area contributed by atoms with E-state index in [-0.39, 0.29) is 12.5 Å². The number of aryl methyl sites for hydroxylation is 1. The highest BCUT2D eigenvalue weighted by atomic mass is 16.5. The van der Waals surface area contributed by atoms with Crippen molar-refractivity contribution in [2.75, 3.05) is 18.7 Å². The lowest BCUT2D eigenvalue weighted by Crippen LogP contribution is -2.32. The number of phenols is 1. The Hall–Kier alpha value is -2.89. The van der Waals surface area contributed by atoms with Gasteiger partial charge < -0.3 is 25.2 Å². The summed E-state index contributed by atoms with van der Waals surface area (Å²) in [7, 11) is 0. The van der Waals surface area contributed by atoms with Gasteiger partial charge in [0.1, 0.15) is 17.2 Å². The first kappa shape index (κ1) is 16.5. The molecule has 0 fully saturated rings. The maximum Gasteiger partial charge on any atom is 0.321 e. The van der Waals surface area contributed by atoms with Gasteiger partial charge in [0.15, 0.2) is 6.73 Å². The van der Waals surface area contributed by atoms with Crippen molar-refractivity contribution in [2.24, 2.45) is 0 Å². The molecule has 0 aromatic heterocycles. The third kappa shape index (κ3) is 5.10. The molecule has 0 aliphatic heterocycles. The fraction of sp³-hybridized carbons (Fsp3) is 0.235. The lowest BCUT2D eigenvalue weighted by molar-refractivity contribution is 0.234. The maximum atomic E-state index is 11.7. The van der Waals surface area contributed by atoms with Crippen LogP contribution in [0, 0.1) is 6.92 Å². The first-order valence-electron chi connectivity index (χ1n) is 7.28. The zero-order valence-corrected chi connectivity index (χ0v) is 13.1. The smallest absolute Gasteiger partial charge is 0.321 e. The van der Waals surface area contributed by atoms with Gasteiger partial charge in [0.05, 0.1) is 12.3 Å². The van der Waals surface area contributed by atoms with Crippen LogP contribution in [0.25, 0.3) is 0 Å². The van der Waals surface area contributed by atoms with Crippen LogP contribution in [0.3, 0.4) is 0 Å². The quantitative estimate of drug-likeness (QED) is 0.564. The van der Waals surface area contributed by atoms with Gasteiger partial charge >= 0.3 is 6.03 Å². The highest BCUT2D eigenvalue weighted by Gasteiger charge is 2.06. The topological polar surface area (TPSA) is 79.8 Å². The molecule has 2 rings (SSSR count). The summed E-state index contributed by atoms with van der Waals surface area (Å²) in [6, 6.07) is 11.7. The van der Waals surface area contributed by atoms with Gasteiger partial charge in [-0.15, -0.1) is 0 Å². The number of phenolic OH excluding ortho intramolecular Hbond substituents is 1. The van der Waals surface area contributed by atoms with E-state index in [0.717, 1.165) is 11.3 Å². The van der Waals surface area contributed by atoms with Crippen LogP contribution in [0.2, 0.25) is 0 Å². The Balaban J connectivity index is 1.78. The number of nitrogens with one attached hydrogen (secondary N) is 2. The summed E-state index contributed by atoms with van der Waals surface area (Å²) in [5.74, 6) is 1.40. The lowest BCUT2D eigenvalue weighted by atomic mass is 10.2. The van der Waals surface area contributed by atoms with E-state index in [1.807, 2.05) is 13.8 Å². The number of anilines is 1. The Labute approximate surface area is 135 Å². The van der Waals surface area contributed by atoms with Gasteiger partial charge in [0.2, 0.25) is 0 Å². The second-order valence-electron chi connectivity index (χ2n) is 4.84. The average Bonchev–Trinajstić information content (AvgIpc) is 2.52. The Morgan fingerprint density at radius 3 is 2.35 bits per heavy atom.